The maximum Gasteiger partial charge on any atom is 0.282 e. The highest BCUT2D eigenvalue weighted by Gasteiger charge is 2.34. The van der Waals surface area contributed by atoms with Crippen molar-refractivity contribution in [3.05, 3.63) is 42.0 Å². The Kier molecular flexibility index (Phi) is 4.18. The van der Waals surface area contributed by atoms with Crippen LogP contribution in [0.1, 0.15) is 24.1 Å². The maximum absolute atomic E-state index is 12.9. The van der Waals surface area contributed by atoms with Crippen molar-refractivity contribution in [1.82, 2.24) is 28.4 Å². The molecule has 8 nitrogen and oxygen atoms in total. The molecular weight excluding hydrogens is 376 g/mol. The van der Waals surface area contributed by atoms with E-state index in [-0.39, 0.29) is 0 Å². The lowest BCUT2D eigenvalue weighted by Gasteiger charge is -2.31. The second kappa shape index (κ2) is 6.61. The molecule has 0 aromatic carbocycles. The number of aryl methyl sites for hydroxylation is 1. The van der Waals surface area contributed by atoms with Crippen LogP contribution in [-0.4, -0.2) is 56.4 Å². The summed E-state index contributed by atoms with van der Waals surface area (Å²) in [5, 5.41) is 5.13. The SMILES string of the molecule is Cn1cc(-c2cnc3nc4c(cc3c2)CN(S(=O)(=O)N2CCCC2)CC4)cn1. The molecule has 0 atom stereocenters. The highest BCUT2D eigenvalue weighted by Crippen LogP contribution is 2.28. The van der Waals surface area contributed by atoms with E-state index in [9.17, 15) is 8.42 Å². The van der Waals surface area contributed by atoms with Gasteiger partial charge in [-0.3, -0.25) is 4.68 Å². The average molecular weight is 398 g/mol. The van der Waals surface area contributed by atoms with Crippen LogP contribution in [0, 0.1) is 0 Å². The molecule has 0 unspecified atom stereocenters. The Morgan fingerprint density at radius 2 is 1.82 bits per heavy atom. The largest absolute Gasteiger partial charge is 0.282 e. The molecule has 2 aliphatic rings. The third-order valence-electron chi connectivity index (χ3n) is 5.54. The summed E-state index contributed by atoms with van der Waals surface area (Å²) in [5.74, 6) is 0. The smallest absolute Gasteiger partial charge is 0.275 e. The van der Waals surface area contributed by atoms with Crippen LogP contribution in [0.15, 0.2) is 30.7 Å². The molecule has 5 heterocycles. The lowest BCUT2D eigenvalue weighted by atomic mass is 10.0. The van der Waals surface area contributed by atoms with Crippen molar-refractivity contribution in [3.63, 3.8) is 0 Å². The van der Waals surface area contributed by atoms with Crippen LogP contribution in [0.2, 0.25) is 0 Å². The fraction of sp³-hybridized carbons (Fsp3) is 0.421. The van der Waals surface area contributed by atoms with Crippen molar-refractivity contribution < 1.29 is 8.42 Å². The second-order valence-corrected chi connectivity index (χ2v) is 9.39. The molecule has 0 saturated carbocycles. The summed E-state index contributed by atoms with van der Waals surface area (Å²) < 4.78 is 30.8. The zero-order valence-electron chi connectivity index (χ0n) is 15.7. The highest BCUT2D eigenvalue weighted by molar-refractivity contribution is 7.86. The van der Waals surface area contributed by atoms with E-state index in [1.54, 1.807) is 19.5 Å². The van der Waals surface area contributed by atoms with Gasteiger partial charge in [0.2, 0.25) is 0 Å². The van der Waals surface area contributed by atoms with Crippen LogP contribution in [-0.2, 0) is 30.2 Å². The Labute approximate surface area is 164 Å². The molecule has 0 aliphatic carbocycles. The van der Waals surface area contributed by atoms with Gasteiger partial charge in [0, 0.05) is 74.2 Å². The van der Waals surface area contributed by atoms with Crippen molar-refractivity contribution in [3.8, 4) is 11.1 Å². The van der Waals surface area contributed by atoms with Gasteiger partial charge in [0.1, 0.15) is 0 Å². The van der Waals surface area contributed by atoms with Gasteiger partial charge in [0.05, 0.1) is 6.20 Å². The van der Waals surface area contributed by atoms with Gasteiger partial charge in [-0.2, -0.15) is 22.1 Å². The molecule has 0 amide bonds. The molecule has 1 fully saturated rings. The number of hydrogen-bond donors (Lipinski definition) is 0. The van der Waals surface area contributed by atoms with Crippen molar-refractivity contribution >= 4 is 21.2 Å². The molecule has 3 aromatic heterocycles. The van der Waals surface area contributed by atoms with Crippen LogP contribution in [0.3, 0.4) is 0 Å². The minimum absolute atomic E-state index is 0.369. The van der Waals surface area contributed by atoms with E-state index in [1.165, 1.54) is 0 Å². The van der Waals surface area contributed by atoms with Gasteiger partial charge in [0.15, 0.2) is 5.65 Å². The molecule has 2 aliphatic heterocycles. The summed E-state index contributed by atoms with van der Waals surface area (Å²) in [6, 6.07) is 4.08. The summed E-state index contributed by atoms with van der Waals surface area (Å²) in [5.41, 5.74) is 4.57. The Hall–Kier alpha value is -2.36. The topological polar surface area (TPSA) is 84.2 Å². The number of rotatable bonds is 3. The third kappa shape index (κ3) is 2.99. The van der Waals surface area contributed by atoms with Gasteiger partial charge >= 0.3 is 0 Å². The predicted molar refractivity (Wildman–Crippen MR) is 106 cm³/mol. The van der Waals surface area contributed by atoms with Crippen molar-refractivity contribution in [2.45, 2.75) is 25.8 Å². The summed E-state index contributed by atoms with van der Waals surface area (Å²) in [4.78, 5) is 9.22. The van der Waals surface area contributed by atoms with Crippen LogP contribution in [0.5, 0.6) is 0 Å². The molecule has 3 aromatic rings. The number of hydrogen-bond acceptors (Lipinski definition) is 5. The highest BCUT2D eigenvalue weighted by atomic mass is 32.2. The van der Waals surface area contributed by atoms with Gasteiger partial charge in [-0.05, 0) is 30.5 Å². The third-order valence-corrected chi connectivity index (χ3v) is 7.52. The number of aromatic nitrogens is 4. The average Bonchev–Trinajstić information content (AvgIpc) is 3.37. The first-order valence-electron chi connectivity index (χ1n) is 9.53. The van der Waals surface area contributed by atoms with Crippen LogP contribution in [0.25, 0.3) is 22.2 Å². The standard InChI is InChI=1S/C19H22N6O2S/c1-23-12-17(11-21-23)15-8-14-9-16-13-25(28(26,27)24-5-2-3-6-24)7-4-18(16)22-19(14)20-10-15/h8-12H,2-7,13H2,1H3. The second-order valence-electron chi connectivity index (χ2n) is 7.47. The summed E-state index contributed by atoms with van der Waals surface area (Å²) in [6.45, 7) is 2.09. The quantitative estimate of drug-likeness (QED) is 0.671. The molecular formula is C19H22N6O2S. The van der Waals surface area contributed by atoms with Gasteiger partial charge < -0.3 is 0 Å². The molecule has 0 N–H and O–H groups in total. The van der Waals surface area contributed by atoms with Crippen molar-refractivity contribution in [1.29, 1.82) is 0 Å². The Morgan fingerprint density at radius 3 is 2.57 bits per heavy atom. The van der Waals surface area contributed by atoms with E-state index >= 15 is 0 Å². The molecule has 0 bridgehead atoms. The lowest BCUT2D eigenvalue weighted by Crippen LogP contribution is -2.44. The molecule has 5 rings (SSSR count). The summed E-state index contributed by atoms with van der Waals surface area (Å²) in [7, 11) is -1.51. The van der Waals surface area contributed by atoms with Gasteiger partial charge in [-0.15, -0.1) is 0 Å². The zero-order valence-corrected chi connectivity index (χ0v) is 16.6. The fourth-order valence-electron chi connectivity index (χ4n) is 4.01. The van der Waals surface area contributed by atoms with E-state index in [0.717, 1.165) is 40.6 Å². The first kappa shape index (κ1) is 17.7. The molecule has 0 radical (unpaired) electrons. The molecule has 28 heavy (non-hydrogen) atoms. The van der Waals surface area contributed by atoms with Crippen molar-refractivity contribution in [2.24, 2.45) is 7.05 Å². The monoisotopic (exact) mass is 398 g/mol. The Morgan fingerprint density at radius 1 is 1.00 bits per heavy atom. The van der Waals surface area contributed by atoms with E-state index in [4.69, 9.17) is 4.98 Å². The molecule has 1 saturated heterocycles. The van der Waals surface area contributed by atoms with Crippen LogP contribution >= 0.6 is 0 Å². The Balaban J connectivity index is 1.49. The normalized spacial score (nSPS) is 18.6. The number of nitrogens with zero attached hydrogens (tertiary/aromatic N) is 6. The van der Waals surface area contributed by atoms with E-state index in [2.05, 4.69) is 10.1 Å². The minimum Gasteiger partial charge on any atom is -0.275 e. The number of pyridine rings is 2. The van der Waals surface area contributed by atoms with Crippen LogP contribution in [0.4, 0.5) is 0 Å². The molecule has 146 valence electrons. The van der Waals surface area contributed by atoms with E-state index in [0.29, 0.717) is 38.2 Å². The predicted octanol–water partition coefficient (Wildman–Crippen LogP) is 1.73. The lowest BCUT2D eigenvalue weighted by molar-refractivity contribution is 0.343. The maximum atomic E-state index is 12.9. The van der Waals surface area contributed by atoms with E-state index in [1.807, 2.05) is 31.6 Å². The fourth-order valence-corrected chi connectivity index (χ4v) is 5.68. The van der Waals surface area contributed by atoms with Gasteiger partial charge in [0.25, 0.3) is 10.2 Å². The summed E-state index contributed by atoms with van der Waals surface area (Å²) >= 11 is 0. The first-order chi connectivity index (χ1) is 13.5. The van der Waals surface area contributed by atoms with Gasteiger partial charge in [-0.25, -0.2) is 9.97 Å². The zero-order chi connectivity index (χ0) is 19.3. The van der Waals surface area contributed by atoms with Crippen LogP contribution < -0.4 is 0 Å². The first-order valence-corrected chi connectivity index (χ1v) is 10.9. The molecule has 0 spiro atoms. The Bertz CT molecular complexity index is 1150. The van der Waals surface area contributed by atoms with Crippen molar-refractivity contribution in [2.75, 3.05) is 19.6 Å². The molecule has 9 heteroatoms. The summed E-state index contributed by atoms with van der Waals surface area (Å²) in [6.07, 6.45) is 8.06. The van der Waals surface area contributed by atoms with Gasteiger partial charge in [-0.1, -0.05) is 0 Å². The minimum atomic E-state index is -3.39. The number of fused-ring (bicyclic) bond motifs is 2. The van der Waals surface area contributed by atoms with E-state index < -0.39 is 10.2 Å².